The molecule has 2 unspecified atom stereocenters. The molecule has 5 aliphatic carbocycles. The lowest BCUT2D eigenvalue weighted by Crippen LogP contribution is -2.81. The van der Waals surface area contributed by atoms with Gasteiger partial charge in [-0.3, -0.25) is 4.90 Å². The van der Waals surface area contributed by atoms with Crippen molar-refractivity contribution in [1.29, 1.82) is 0 Å². The second-order valence-corrected chi connectivity index (χ2v) is 12.9. The molecule has 2 aromatic rings. The minimum atomic E-state index is -0.333. The maximum Gasteiger partial charge on any atom is 0.166 e. The summed E-state index contributed by atoms with van der Waals surface area (Å²) in [5, 5.41) is 0. The predicted molar refractivity (Wildman–Crippen MR) is 145 cm³/mol. The highest BCUT2D eigenvalue weighted by Crippen LogP contribution is 2.76. The minimum absolute atomic E-state index is 0.00131. The molecule has 4 saturated carbocycles. The highest BCUT2D eigenvalue weighted by molar-refractivity contribution is 5.63. The van der Waals surface area contributed by atoms with E-state index >= 15 is 0 Å². The Morgan fingerprint density at radius 2 is 1.89 bits per heavy atom. The van der Waals surface area contributed by atoms with E-state index in [9.17, 15) is 0 Å². The van der Waals surface area contributed by atoms with E-state index in [2.05, 4.69) is 29.2 Å². The predicted octanol–water partition coefficient (Wildman–Crippen LogP) is 4.46. The first-order valence-corrected chi connectivity index (χ1v) is 14.7. The van der Waals surface area contributed by atoms with Gasteiger partial charge in [-0.05, 0) is 93.3 Å². The molecular formula is C32H40N2O4. The molecule has 2 aliphatic heterocycles. The van der Waals surface area contributed by atoms with Crippen molar-refractivity contribution in [2.75, 3.05) is 33.9 Å². The number of piperidine rings is 1. The van der Waals surface area contributed by atoms with Crippen LogP contribution in [0.3, 0.4) is 0 Å². The Kier molecular flexibility index (Phi) is 5.04. The molecule has 9 rings (SSSR count). The zero-order valence-corrected chi connectivity index (χ0v) is 22.7. The average Bonchev–Trinajstić information content (AvgIpc) is 3.70. The molecule has 0 radical (unpaired) electrons. The van der Waals surface area contributed by atoms with Crippen molar-refractivity contribution < 1.29 is 18.9 Å². The number of ether oxygens (including phenoxy) is 4. The summed E-state index contributed by atoms with van der Waals surface area (Å²) in [6.07, 6.45) is 8.46. The highest BCUT2D eigenvalue weighted by Gasteiger charge is 2.80. The number of fused-ring (bicyclic) bond motifs is 2. The molecule has 4 bridgehead atoms. The van der Waals surface area contributed by atoms with E-state index in [1.807, 2.05) is 19.2 Å². The Balaban J connectivity index is 1.23. The number of methoxy groups -OCH3 is 2. The van der Waals surface area contributed by atoms with E-state index in [4.69, 9.17) is 24.7 Å². The fourth-order valence-corrected chi connectivity index (χ4v) is 9.81. The number of hydrogen-bond acceptors (Lipinski definition) is 6. The van der Waals surface area contributed by atoms with Crippen LogP contribution >= 0.6 is 0 Å². The lowest BCUT2D eigenvalue weighted by molar-refractivity contribution is -0.275. The largest absolute Gasteiger partial charge is 0.497 e. The molecule has 2 N–H and O–H groups in total. The van der Waals surface area contributed by atoms with Gasteiger partial charge in [0, 0.05) is 42.0 Å². The van der Waals surface area contributed by atoms with Crippen LogP contribution in [0.1, 0.15) is 55.2 Å². The number of nitrogens with zero attached hydrogens (tertiary/aromatic N) is 1. The van der Waals surface area contributed by atoms with E-state index in [-0.39, 0.29) is 22.5 Å². The second kappa shape index (κ2) is 8.12. The van der Waals surface area contributed by atoms with Gasteiger partial charge in [0.2, 0.25) is 0 Å². The maximum atomic E-state index is 7.17. The quantitative estimate of drug-likeness (QED) is 0.559. The van der Waals surface area contributed by atoms with Gasteiger partial charge >= 0.3 is 0 Å². The van der Waals surface area contributed by atoms with Gasteiger partial charge in [0.25, 0.3) is 0 Å². The third-order valence-corrected chi connectivity index (χ3v) is 11.6. The number of hydrogen-bond donors (Lipinski definition) is 1. The summed E-state index contributed by atoms with van der Waals surface area (Å²) < 4.78 is 25.5. The Hall–Kier alpha value is -2.28. The van der Waals surface area contributed by atoms with Crippen LogP contribution in [0.2, 0.25) is 0 Å². The molecule has 1 saturated heterocycles. The van der Waals surface area contributed by atoms with Crippen LogP contribution in [0, 0.1) is 17.3 Å². The summed E-state index contributed by atoms with van der Waals surface area (Å²) in [5.41, 5.74) is 10.4. The van der Waals surface area contributed by atoms with E-state index in [0.29, 0.717) is 25.1 Å². The maximum absolute atomic E-state index is 7.17. The summed E-state index contributed by atoms with van der Waals surface area (Å²) in [6.45, 7) is 3.58. The van der Waals surface area contributed by atoms with Crippen LogP contribution in [-0.4, -0.2) is 56.5 Å². The van der Waals surface area contributed by atoms with Crippen LogP contribution < -0.4 is 19.9 Å². The first-order valence-electron chi connectivity index (χ1n) is 14.7. The summed E-state index contributed by atoms with van der Waals surface area (Å²) in [6, 6.07) is 13.2. The number of benzene rings is 2. The average molecular weight is 517 g/mol. The molecule has 38 heavy (non-hydrogen) atoms. The van der Waals surface area contributed by atoms with Crippen LogP contribution in [0.4, 0.5) is 0 Å². The van der Waals surface area contributed by atoms with E-state index in [1.165, 1.54) is 36.9 Å². The summed E-state index contributed by atoms with van der Waals surface area (Å²) in [5.74, 6) is 3.93. The van der Waals surface area contributed by atoms with Gasteiger partial charge in [0.05, 0.1) is 7.11 Å². The number of rotatable bonds is 8. The second-order valence-electron chi connectivity index (χ2n) is 12.9. The van der Waals surface area contributed by atoms with Gasteiger partial charge in [-0.1, -0.05) is 18.2 Å². The third kappa shape index (κ3) is 2.84. The van der Waals surface area contributed by atoms with Crippen LogP contribution in [0.25, 0.3) is 0 Å². The first kappa shape index (κ1) is 23.6. The first-order chi connectivity index (χ1) is 18.6. The molecule has 6 atom stereocenters. The van der Waals surface area contributed by atoms with Gasteiger partial charge in [-0.25, -0.2) is 0 Å². The molecule has 6 heteroatoms. The Morgan fingerprint density at radius 3 is 2.63 bits per heavy atom. The Bertz CT molecular complexity index is 1260. The number of likely N-dealkylation sites (tertiary alicyclic amines) is 1. The van der Waals surface area contributed by atoms with Gasteiger partial charge in [-0.2, -0.15) is 0 Å². The summed E-state index contributed by atoms with van der Waals surface area (Å²) in [7, 11) is 3.59. The lowest BCUT2D eigenvalue weighted by atomic mass is 9.35. The molecule has 2 spiro atoms. The van der Waals surface area contributed by atoms with Gasteiger partial charge in [0.15, 0.2) is 11.5 Å². The molecule has 0 amide bonds. The summed E-state index contributed by atoms with van der Waals surface area (Å²) >= 11 is 0. The lowest BCUT2D eigenvalue weighted by Gasteiger charge is -2.74. The molecule has 2 heterocycles. The van der Waals surface area contributed by atoms with E-state index < -0.39 is 0 Å². The zero-order chi connectivity index (χ0) is 25.7. The molecule has 2 aromatic carbocycles. The SMILES string of the molecule is COc1ccc(COc2ccc3c4c2OC2C5(OC)CC[C@@]6(C[C@@H]5CN)[C@@H](C3)N(CC3CC3)CC[C@]426)cc1. The molecule has 5 fully saturated rings. The van der Waals surface area contributed by atoms with Gasteiger partial charge in [-0.15, -0.1) is 0 Å². The molecule has 0 aromatic heterocycles. The van der Waals surface area contributed by atoms with E-state index in [0.717, 1.165) is 61.0 Å². The minimum Gasteiger partial charge on any atom is -0.497 e. The Labute approximate surface area is 225 Å². The summed E-state index contributed by atoms with van der Waals surface area (Å²) in [4.78, 5) is 2.88. The van der Waals surface area contributed by atoms with Crippen LogP contribution in [-0.2, 0) is 23.2 Å². The van der Waals surface area contributed by atoms with Crippen molar-refractivity contribution in [3.63, 3.8) is 0 Å². The number of nitrogens with two attached hydrogens (primary N) is 1. The molecular weight excluding hydrogens is 476 g/mol. The third-order valence-electron chi connectivity index (χ3n) is 11.6. The molecule has 6 nitrogen and oxygen atoms in total. The molecule has 202 valence electrons. The smallest absolute Gasteiger partial charge is 0.166 e. The van der Waals surface area contributed by atoms with Crippen molar-refractivity contribution in [2.45, 2.75) is 74.7 Å². The standard InChI is InChI=1S/C32H40N2O4/c1-35-24-8-5-21(6-9-24)19-37-25-10-7-22-15-26-30-11-12-32(36-2,23(16-30)17-33)29-31(30,27(22)28(25)38-29)13-14-34(26)18-20-3-4-20/h5-10,20,23,26,29H,3-4,11-19,33H2,1-2H3/t23-,26-,29?,30-,31+,32?/m1/s1. The normalized spacial score (nSPS) is 38.0. The fourth-order valence-electron chi connectivity index (χ4n) is 9.81. The highest BCUT2D eigenvalue weighted by atomic mass is 16.6. The fraction of sp³-hybridized carbons (Fsp3) is 0.625. The molecule has 7 aliphatic rings. The van der Waals surface area contributed by atoms with Crippen molar-refractivity contribution in [2.24, 2.45) is 23.0 Å². The van der Waals surface area contributed by atoms with Crippen molar-refractivity contribution in [3.8, 4) is 17.2 Å². The zero-order valence-electron chi connectivity index (χ0n) is 22.7. The Morgan fingerprint density at radius 1 is 1.05 bits per heavy atom. The van der Waals surface area contributed by atoms with Gasteiger partial charge < -0.3 is 24.7 Å². The van der Waals surface area contributed by atoms with Crippen LogP contribution in [0.15, 0.2) is 36.4 Å². The van der Waals surface area contributed by atoms with Crippen molar-refractivity contribution in [3.05, 3.63) is 53.1 Å². The van der Waals surface area contributed by atoms with E-state index in [1.54, 1.807) is 7.11 Å². The van der Waals surface area contributed by atoms with Crippen molar-refractivity contribution in [1.82, 2.24) is 4.90 Å². The van der Waals surface area contributed by atoms with Crippen molar-refractivity contribution >= 4 is 0 Å². The topological polar surface area (TPSA) is 66.2 Å². The monoisotopic (exact) mass is 516 g/mol. The van der Waals surface area contributed by atoms with Crippen LogP contribution in [0.5, 0.6) is 17.2 Å². The van der Waals surface area contributed by atoms with Gasteiger partial charge in [0.1, 0.15) is 24.1 Å².